The molecule has 3 rings (SSSR count). The summed E-state index contributed by atoms with van der Waals surface area (Å²) in [4.78, 5) is 31.1. The van der Waals surface area contributed by atoms with Crippen LogP contribution in [-0.4, -0.2) is 60.9 Å². The molecule has 0 spiro atoms. The minimum Gasteiger partial charge on any atom is -0.451 e. The summed E-state index contributed by atoms with van der Waals surface area (Å²) in [5.74, 6) is -0.986. The number of nitrogens with zero attached hydrogens (tertiary/aromatic N) is 2. The number of carbonyl (C=O) groups excluding carboxylic acids is 2. The van der Waals surface area contributed by atoms with Gasteiger partial charge in [-0.1, -0.05) is 23.7 Å². The van der Waals surface area contributed by atoms with Gasteiger partial charge >= 0.3 is 5.97 Å². The summed E-state index contributed by atoms with van der Waals surface area (Å²) in [7, 11) is -3.11. The molecule has 29 heavy (non-hydrogen) atoms. The highest BCUT2D eigenvalue weighted by Crippen LogP contribution is 2.29. The van der Waals surface area contributed by atoms with Crippen LogP contribution in [0, 0.1) is 6.92 Å². The first-order valence-corrected chi connectivity index (χ1v) is 12.1. The molecule has 1 amide bonds. The summed E-state index contributed by atoms with van der Waals surface area (Å²) in [6.45, 7) is 3.40. The molecule has 10 heteroatoms. The molecule has 0 unspecified atom stereocenters. The topological polar surface area (TPSA) is 93.6 Å². The number of esters is 1. The lowest BCUT2D eigenvalue weighted by atomic mass is 10.2. The smallest absolute Gasteiger partial charge is 0.350 e. The van der Waals surface area contributed by atoms with Gasteiger partial charge in [0.1, 0.15) is 9.88 Å². The van der Waals surface area contributed by atoms with Gasteiger partial charge in [0, 0.05) is 23.2 Å². The summed E-state index contributed by atoms with van der Waals surface area (Å²) in [6, 6.07) is 6.75. The van der Waals surface area contributed by atoms with E-state index in [1.807, 2.05) is 12.1 Å². The summed E-state index contributed by atoms with van der Waals surface area (Å²) < 4.78 is 28.6. The van der Waals surface area contributed by atoms with E-state index in [0.29, 0.717) is 33.6 Å². The molecule has 1 saturated heterocycles. The summed E-state index contributed by atoms with van der Waals surface area (Å²) in [5.41, 5.74) is 1.35. The van der Waals surface area contributed by atoms with E-state index in [4.69, 9.17) is 16.3 Å². The molecule has 0 saturated carbocycles. The van der Waals surface area contributed by atoms with Crippen LogP contribution in [0.15, 0.2) is 24.3 Å². The van der Waals surface area contributed by atoms with Crippen molar-refractivity contribution >= 4 is 44.7 Å². The van der Waals surface area contributed by atoms with Gasteiger partial charge in [0.2, 0.25) is 0 Å². The van der Waals surface area contributed by atoms with Crippen molar-refractivity contribution in [2.75, 3.05) is 24.7 Å². The van der Waals surface area contributed by atoms with Crippen molar-refractivity contribution in [3.8, 4) is 10.6 Å². The van der Waals surface area contributed by atoms with Gasteiger partial charge in [-0.3, -0.25) is 4.79 Å². The summed E-state index contributed by atoms with van der Waals surface area (Å²) in [6.07, 6.45) is 0.411. The third kappa shape index (κ3) is 5.15. The van der Waals surface area contributed by atoms with Crippen molar-refractivity contribution in [1.82, 2.24) is 9.88 Å². The Labute approximate surface area is 178 Å². The van der Waals surface area contributed by atoms with Crippen molar-refractivity contribution in [1.29, 1.82) is 0 Å². The average Bonchev–Trinajstić information content (AvgIpc) is 3.23. The van der Waals surface area contributed by atoms with E-state index in [2.05, 4.69) is 4.98 Å². The Morgan fingerprint density at radius 3 is 2.59 bits per heavy atom. The number of sulfone groups is 1. The lowest BCUT2D eigenvalue weighted by Crippen LogP contribution is -2.43. The van der Waals surface area contributed by atoms with E-state index in [1.54, 1.807) is 26.0 Å². The molecular weight excluding hydrogens is 436 g/mol. The monoisotopic (exact) mass is 456 g/mol. The maximum absolute atomic E-state index is 12.5. The number of benzene rings is 1. The van der Waals surface area contributed by atoms with Crippen molar-refractivity contribution in [3.63, 3.8) is 0 Å². The number of likely N-dealkylation sites (N-methyl/N-ethyl adjacent to an activating group) is 1. The number of hydrogen-bond acceptors (Lipinski definition) is 7. The third-order valence-corrected chi connectivity index (χ3v) is 7.90. The first kappa shape index (κ1) is 21.7. The van der Waals surface area contributed by atoms with Gasteiger partial charge in [-0.25, -0.2) is 18.2 Å². The van der Waals surface area contributed by atoms with Gasteiger partial charge < -0.3 is 9.64 Å². The van der Waals surface area contributed by atoms with Crippen molar-refractivity contribution < 1.29 is 22.7 Å². The fourth-order valence-corrected chi connectivity index (χ4v) is 6.06. The molecule has 7 nitrogen and oxygen atoms in total. The lowest BCUT2D eigenvalue weighted by molar-refractivity contribution is -0.136. The number of rotatable bonds is 6. The van der Waals surface area contributed by atoms with Gasteiger partial charge in [0.15, 0.2) is 16.4 Å². The second-order valence-corrected chi connectivity index (χ2v) is 10.4. The Morgan fingerprint density at radius 1 is 1.31 bits per heavy atom. The zero-order valence-corrected chi connectivity index (χ0v) is 18.4. The molecular formula is C19H21ClN2O5S2. The predicted molar refractivity (Wildman–Crippen MR) is 112 cm³/mol. The molecule has 1 fully saturated rings. The van der Waals surface area contributed by atoms with E-state index < -0.39 is 28.3 Å². The number of thiazole rings is 1. The molecule has 0 bridgehead atoms. The molecule has 0 N–H and O–H groups in total. The molecule has 0 aliphatic carbocycles. The molecule has 2 heterocycles. The normalized spacial score (nSPS) is 17.8. The second-order valence-electron chi connectivity index (χ2n) is 6.75. The largest absolute Gasteiger partial charge is 0.451 e. The number of carbonyl (C=O) groups is 2. The molecule has 2 aromatic rings. The maximum atomic E-state index is 12.5. The fourth-order valence-electron chi connectivity index (χ4n) is 3.24. The van der Waals surface area contributed by atoms with Crippen LogP contribution in [0.2, 0.25) is 5.02 Å². The number of aromatic nitrogens is 1. The van der Waals surface area contributed by atoms with E-state index in [9.17, 15) is 18.0 Å². The number of ether oxygens (including phenoxy) is 1. The number of amides is 1. The fraction of sp³-hybridized carbons (Fsp3) is 0.421. The zero-order chi connectivity index (χ0) is 21.2. The van der Waals surface area contributed by atoms with Gasteiger partial charge in [-0.15, -0.1) is 11.3 Å². The van der Waals surface area contributed by atoms with Gasteiger partial charge in [0.25, 0.3) is 5.91 Å². The summed E-state index contributed by atoms with van der Waals surface area (Å²) >= 11 is 7.08. The minimum atomic E-state index is -3.11. The summed E-state index contributed by atoms with van der Waals surface area (Å²) in [5, 5.41) is 1.26. The van der Waals surface area contributed by atoms with E-state index in [1.165, 1.54) is 16.2 Å². The SMILES string of the molecule is CCN(C(=O)COC(=O)c1sc(-c2ccc(Cl)cc2)nc1C)[C@H]1CCS(=O)(=O)C1. The number of halogens is 1. The second kappa shape index (κ2) is 8.81. The van der Waals surface area contributed by atoms with Gasteiger partial charge in [-0.2, -0.15) is 0 Å². The van der Waals surface area contributed by atoms with Crippen LogP contribution < -0.4 is 0 Å². The standard InChI is InChI=1S/C19H21ClN2O5S2/c1-3-22(15-8-9-29(25,26)11-15)16(23)10-27-19(24)17-12(2)21-18(28-17)13-4-6-14(20)7-5-13/h4-7,15H,3,8-11H2,1-2H3/t15-/m0/s1. The molecule has 1 aromatic carbocycles. The van der Waals surface area contributed by atoms with Crippen LogP contribution >= 0.6 is 22.9 Å². The zero-order valence-electron chi connectivity index (χ0n) is 16.1. The molecule has 1 aliphatic heterocycles. The van der Waals surface area contributed by atoms with E-state index in [0.717, 1.165) is 5.56 Å². The Bertz CT molecular complexity index is 1020. The Kier molecular flexibility index (Phi) is 6.60. The number of hydrogen-bond donors (Lipinski definition) is 0. The average molecular weight is 457 g/mol. The Balaban J connectivity index is 1.64. The van der Waals surface area contributed by atoms with Gasteiger partial charge in [0.05, 0.1) is 17.2 Å². The lowest BCUT2D eigenvalue weighted by Gasteiger charge is -2.26. The predicted octanol–water partition coefficient (Wildman–Crippen LogP) is 2.96. The quantitative estimate of drug-likeness (QED) is 0.620. The van der Waals surface area contributed by atoms with Crippen molar-refractivity contribution in [2.24, 2.45) is 0 Å². The van der Waals surface area contributed by atoms with Crippen LogP contribution in [0.4, 0.5) is 0 Å². The Morgan fingerprint density at radius 2 is 2.00 bits per heavy atom. The van der Waals surface area contributed by atoms with Crippen LogP contribution in [0.1, 0.15) is 28.7 Å². The van der Waals surface area contributed by atoms with E-state index >= 15 is 0 Å². The molecule has 1 aromatic heterocycles. The van der Waals surface area contributed by atoms with Gasteiger partial charge in [-0.05, 0) is 32.4 Å². The maximum Gasteiger partial charge on any atom is 0.350 e. The number of aryl methyl sites for hydroxylation is 1. The van der Waals surface area contributed by atoms with Crippen molar-refractivity contribution in [3.05, 3.63) is 39.9 Å². The van der Waals surface area contributed by atoms with Crippen LogP contribution in [0.5, 0.6) is 0 Å². The molecule has 0 radical (unpaired) electrons. The molecule has 1 aliphatic rings. The molecule has 156 valence electrons. The highest BCUT2D eigenvalue weighted by atomic mass is 35.5. The van der Waals surface area contributed by atoms with Crippen molar-refractivity contribution in [2.45, 2.75) is 26.3 Å². The minimum absolute atomic E-state index is 0.0427. The third-order valence-electron chi connectivity index (χ3n) is 4.71. The first-order chi connectivity index (χ1) is 13.7. The van der Waals surface area contributed by atoms with Crippen LogP contribution in [0.25, 0.3) is 10.6 Å². The van der Waals surface area contributed by atoms with Crippen LogP contribution in [-0.2, 0) is 19.4 Å². The first-order valence-electron chi connectivity index (χ1n) is 9.10. The van der Waals surface area contributed by atoms with Crippen LogP contribution in [0.3, 0.4) is 0 Å². The Hall–Kier alpha value is -1.97. The highest BCUT2D eigenvalue weighted by molar-refractivity contribution is 7.91. The highest BCUT2D eigenvalue weighted by Gasteiger charge is 2.34. The van der Waals surface area contributed by atoms with E-state index in [-0.39, 0.29) is 17.5 Å². The molecule has 1 atom stereocenters.